The van der Waals surface area contributed by atoms with Gasteiger partial charge in [-0.2, -0.15) is 0 Å². The molecule has 8 nitrogen and oxygen atoms in total. The van der Waals surface area contributed by atoms with Gasteiger partial charge in [0, 0.05) is 54.2 Å². The molecule has 286 valence electrons. The van der Waals surface area contributed by atoms with Gasteiger partial charge in [-0.15, -0.1) is 0 Å². The molecule has 5 aromatic carbocycles. The maximum atomic E-state index is 13.9. The molecule has 0 aliphatic carbocycles. The number of benzene rings is 5. The molecule has 1 aliphatic rings. The zero-order valence-electron chi connectivity index (χ0n) is 33.1. The number of nitrogens with one attached hydrogen (secondary N) is 2. The number of rotatable bonds is 16. The Labute approximate surface area is 330 Å². The lowest BCUT2D eigenvalue weighted by atomic mass is 9.82. The van der Waals surface area contributed by atoms with Crippen molar-refractivity contribution in [2.45, 2.75) is 19.4 Å². The lowest BCUT2D eigenvalue weighted by Crippen LogP contribution is -2.22. The quantitative estimate of drug-likeness (QED) is 0.0766. The van der Waals surface area contributed by atoms with Crippen molar-refractivity contribution in [2.75, 3.05) is 65.0 Å². The largest absolute Gasteiger partial charge is 0.442 e. The van der Waals surface area contributed by atoms with E-state index in [9.17, 15) is 14.4 Å². The first-order valence-corrected chi connectivity index (χ1v) is 18.9. The number of Topliss-reactive ketones (excluding diaryl/α,β-unsaturated/α-hetero) is 2. The van der Waals surface area contributed by atoms with Crippen molar-refractivity contribution in [3.63, 3.8) is 0 Å². The van der Waals surface area contributed by atoms with Gasteiger partial charge in [0.05, 0.1) is 5.56 Å². The van der Waals surface area contributed by atoms with Gasteiger partial charge < -0.3 is 25.2 Å². The van der Waals surface area contributed by atoms with E-state index < -0.39 is 11.6 Å². The van der Waals surface area contributed by atoms with E-state index in [4.69, 9.17) is 4.74 Å². The van der Waals surface area contributed by atoms with Gasteiger partial charge in [0.2, 0.25) is 0 Å². The monoisotopic (exact) mass is 746 g/mol. The summed E-state index contributed by atoms with van der Waals surface area (Å²) >= 11 is 0. The minimum Gasteiger partial charge on any atom is -0.442 e. The fourth-order valence-electron chi connectivity index (χ4n) is 6.81. The molecular formula is C48H50N4O4. The van der Waals surface area contributed by atoms with Crippen LogP contribution >= 0.6 is 0 Å². The van der Waals surface area contributed by atoms with E-state index in [0.717, 1.165) is 71.0 Å². The lowest BCUT2D eigenvalue weighted by Gasteiger charge is -2.26. The number of likely N-dealkylation sites (N-methyl/N-ethyl adjacent to an activating group) is 2. The van der Waals surface area contributed by atoms with E-state index in [1.807, 2.05) is 143 Å². The number of cyclic esters (lactones) is 1. The topological polar surface area (TPSA) is 91.0 Å². The number of nitrogens with zero attached hydrogens (tertiary/aromatic N) is 2. The molecule has 0 fully saturated rings. The molecule has 8 heteroatoms. The molecule has 0 saturated carbocycles. The second kappa shape index (κ2) is 17.6. The van der Waals surface area contributed by atoms with Crippen LogP contribution in [0.15, 0.2) is 133 Å². The van der Waals surface area contributed by atoms with Gasteiger partial charge in [0.15, 0.2) is 17.2 Å². The molecular weight excluding hydrogens is 697 g/mol. The highest BCUT2D eigenvalue weighted by molar-refractivity contribution is 5.99. The van der Waals surface area contributed by atoms with Crippen molar-refractivity contribution in [3.8, 4) is 0 Å². The first-order chi connectivity index (χ1) is 26.9. The predicted octanol–water partition coefficient (Wildman–Crippen LogP) is 8.67. The fraction of sp³-hybridized carbons (Fsp3) is 0.229. The van der Waals surface area contributed by atoms with Crippen LogP contribution in [-0.2, 0) is 10.3 Å². The van der Waals surface area contributed by atoms with Crippen molar-refractivity contribution in [1.29, 1.82) is 0 Å². The molecule has 1 heterocycles. The highest BCUT2D eigenvalue weighted by atomic mass is 16.6. The summed E-state index contributed by atoms with van der Waals surface area (Å²) in [6.07, 6.45) is 3.99. The van der Waals surface area contributed by atoms with E-state index in [1.54, 1.807) is 32.0 Å². The van der Waals surface area contributed by atoms with Crippen LogP contribution in [0, 0.1) is 0 Å². The molecule has 0 aromatic heterocycles. The van der Waals surface area contributed by atoms with Crippen LogP contribution in [-0.4, -0.2) is 81.7 Å². The number of anilines is 2. The summed E-state index contributed by atoms with van der Waals surface area (Å²) in [6.45, 7) is 6.46. The van der Waals surface area contributed by atoms with Gasteiger partial charge in [-0.1, -0.05) is 78.9 Å². The number of fused-ring (bicyclic) bond motifs is 1. The number of hydrogen-bond donors (Lipinski definition) is 2. The van der Waals surface area contributed by atoms with Crippen LogP contribution in [0.25, 0.3) is 11.1 Å². The molecule has 0 bridgehead atoms. The molecule has 0 atom stereocenters. The first kappa shape index (κ1) is 39.6. The third kappa shape index (κ3) is 9.40. The van der Waals surface area contributed by atoms with Crippen LogP contribution in [0.4, 0.5) is 11.4 Å². The highest BCUT2D eigenvalue weighted by Gasteiger charge is 2.43. The van der Waals surface area contributed by atoms with E-state index in [1.165, 1.54) is 0 Å². The van der Waals surface area contributed by atoms with Crippen LogP contribution < -0.4 is 10.6 Å². The molecule has 0 spiro atoms. The number of hydrogen-bond acceptors (Lipinski definition) is 8. The number of ketones is 2. The normalized spacial score (nSPS) is 15.5. The number of ether oxygens (including phenoxy) is 1. The molecule has 0 radical (unpaired) electrons. The summed E-state index contributed by atoms with van der Waals surface area (Å²) in [4.78, 5) is 43.5. The number of esters is 1. The number of carbonyl (C=O) groups excluding carboxylic acids is 3. The van der Waals surface area contributed by atoms with Gasteiger partial charge in [-0.3, -0.25) is 9.59 Å². The Kier molecular flexibility index (Phi) is 12.4. The predicted molar refractivity (Wildman–Crippen MR) is 228 cm³/mol. The van der Waals surface area contributed by atoms with Gasteiger partial charge >= 0.3 is 5.97 Å². The second-order valence-corrected chi connectivity index (χ2v) is 14.7. The molecule has 5 aromatic rings. The highest BCUT2D eigenvalue weighted by Crippen LogP contribution is 2.45. The average molecular weight is 747 g/mol. The van der Waals surface area contributed by atoms with Gasteiger partial charge in [-0.25, -0.2) is 4.79 Å². The van der Waals surface area contributed by atoms with Crippen molar-refractivity contribution < 1.29 is 19.1 Å². The smallest absolute Gasteiger partial charge is 0.340 e. The standard InChI is InChI=1S/C48H50N4O4/c1-33(53)37-11-9-13-39(29-37)44(35-17-21-41(22-18-35)49-25-27-51(3)4)31-48(46-16-8-7-15-43(46)47(55)56-48)32-45(40-14-10-12-38(30-40)34(2)54)36-19-23-42(24-20-36)50-26-28-52(5)6/h7-24,29-32,49-50H,25-28H2,1-6H3. The van der Waals surface area contributed by atoms with E-state index in [-0.39, 0.29) is 11.6 Å². The summed E-state index contributed by atoms with van der Waals surface area (Å²) in [5, 5.41) is 6.97. The zero-order valence-corrected chi connectivity index (χ0v) is 33.1. The summed E-state index contributed by atoms with van der Waals surface area (Å²) in [5.74, 6) is -0.542. The van der Waals surface area contributed by atoms with Crippen molar-refractivity contribution in [3.05, 3.63) is 178 Å². The van der Waals surface area contributed by atoms with Gasteiger partial charge in [0.1, 0.15) is 0 Å². The summed E-state index contributed by atoms with van der Waals surface area (Å²) in [6, 6.07) is 38.9. The van der Waals surface area contributed by atoms with E-state index in [0.29, 0.717) is 22.3 Å². The van der Waals surface area contributed by atoms with E-state index in [2.05, 4.69) is 20.4 Å². The summed E-state index contributed by atoms with van der Waals surface area (Å²) < 4.78 is 6.56. The first-order valence-electron chi connectivity index (χ1n) is 18.9. The Hall–Kier alpha value is -6.09. The Morgan fingerprint density at radius 2 is 1.00 bits per heavy atom. The molecule has 0 unspecified atom stereocenters. The SMILES string of the molecule is CC(=O)c1cccc(C(=CC2(C=C(c3ccc(NCCN(C)C)cc3)c3cccc(C(C)=O)c3)OC(=O)c3ccccc32)c2ccc(NCCN(C)C)cc2)c1. The summed E-state index contributed by atoms with van der Waals surface area (Å²) in [7, 11) is 8.17. The molecule has 56 heavy (non-hydrogen) atoms. The van der Waals surface area contributed by atoms with Crippen molar-refractivity contribution in [1.82, 2.24) is 9.80 Å². The molecule has 1 aliphatic heterocycles. The maximum Gasteiger partial charge on any atom is 0.340 e. The molecule has 6 rings (SSSR count). The maximum absolute atomic E-state index is 13.9. The van der Waals surface area contributed by atoms with Crippen molar-refractivity contribution in [2.24, 2.45) is 0 Å². The van der Waals surface area contributed by atoms with Crippen LogP contribution in [0.1, 0.15) is 72.7 Å². The third-order valence-electron chi connectivity index (χ3n) is 9.88. The minimum absolute atomic E-state index is 0.0498. The van der Waals surface area contributed by atoms with E-state index >= 15 is 0 Å². The zero-order chi connectivity index (χ0) is 39.8. The van der Waals surface area contributed by atoms with Crippen LogP contribution in [0.3, 0.4) is 0 Å². The fourth-order valence-corrected chi connectivity index (χ4v) is 6.81. The second-order valence-electron chi connectivity index (χ2n) is 14.7. The van der Waals surface area contributed by atoms with Crippen molar-refractivity contribution >= 4 is 40.1 Å². The summed E-state index contributed by atoms with van der Waals surface area (Å²) in [5.41, 5.74) is 7.80. The molecule has 0 amide bonds. The molecule has 0 saturated heterocycles. The Morgan fingerprint density at radius 3 is 1.43 bits per heavy atom. The van der Waals surface area contributed by atoms with Gasteiger partial charge in [-0.05, 0) is 130 Å². The Balaban J connectivity index is 1.59. The van der Waals surface area contributed by atoms with Gasteiger partial charge in [0.25, 0.3) is 0 Å². The third-order valence-corrected chi connectivity index (χ3v) is 9.88. The Morgan fingerprint density at radius 1 is 0.571 bits per heavy atom. The minimum atomic E-state index is -1.39. The number of carbonyl (C=O) groups is 3. The lowest BCUT2D eigenvalue weighted by molar-refractivity contribution is 0.0299. The molecule has 2 N–H and O–H groups in total. The Bertz CT molecular complexity index is 2140. The average Bonchev–Trinajstić information content (AvgIpc) is 3.47. The van der Waals surface area contributed by atoms with Crippen LogP contribution in [0.5, 0.6) is 0 Å². The van der Waals surface area contributed by atoms with Crippen LogP contribution in [0.2, 0.25) is 0 Å².